The van der Waals surface area contributed by atoms with Crippen molar-refractivity contribution in [2.24, 2.45) is 12.8 Å². The normalized spacial score (nSPS) is 13.0. The molecule has 0 radical (unpaired) electrons. The maximum Gasteiger partial charge on any atom is 0.104 e. The standard InChI is InChI=1S/C7H12N4/c1-5(2)7(8)6-4-11(3)10-9-6/h4,7H,1,8H2,2-3H3. The van der Waals surface area contributed by atoms with E-state index < -0.39 is 0 Å². The van der Waals surface area contributed by atoms with Crippen molar-refractivity contribution in [3.05, 3.63) is 24.0 Å². The molecule has 11 heavy (non-hydrogen) atoms. The molecule has 0 aliphatic rings. The highest BCUT2D eigenvalue weighted by Gasteiger charge is 2.09. The Balaban J connectivity index is 2.84. The molecule has 0 saturated heterocycles. The largest absolute Gasteiger partial charge is 0.319 e. The van der Waals surface area contributed by atoms with Crippen molar-refractivity contribution in [2.75, 3.05) is 0 Å². The molecule has 60 valence electrons. The molecule has 2 N–H and O–H groups in total. The molecule has 1 aromatic rings. The van der Waals surface area contributed by atoms with E-state index in [1.165, 1.54) is 0 Å². The highest BCUT2D eigenvalue weighted by molar-refractivity contribution is 5.13. The van der Waals surface area contributed by atoms with E-state index in [2.05, 4.69) is 16.9 Å². The molecule has 0 fully saturated rings. The minimum absolute atomic E-state index is 0.191. The molecule has 1 rings (SSSR count). The summed E-state index contributed by atoms with van der Waals surface area (Å²) < 4.78 is 1.62. The average Bonchev–Trinajstić information content (AvgIpc) is 2.34. The van der Waals surface area contributed by atoms with Crippen LogP contribution in [0, 0.1) is 0 Å². The lowest BCUT2D eigenvalue weighted by molar-refractivity contribution is 0.710. The van der Waals surface area contributed by atoms with E-state index in [1.807, 2.05) is 14.0 Å². The zero-order chi connectivity index (χ0) is 8.43. The Kier molecular flexibility index (Phi) is 2.05. The predicted molar refractivity (Wildman–Crippen MR) is 42.7 cm³/mol. The summed E-state index contributed by atoms with van der Waals surface area (Å²) >= 11 is 0. The van der Waals surface area contributed by atoms with E-state index in [9.17, 15) is 0 Å². The molecule has 4 heteroatoms. The Bertz CT molecular complexity index is 263. The fourth-order valence-corrected chi connectivity index (χ4v) is 0.760. The SMILES string of the molecule is C=C(C)C(N)c1cn(C)nn1. The fraction of sp³-hybridized carbons (Fsp3) is 0.429. The molecule has 4 nitrogen and oxygen atoms in total. The summed E-state index contributed by atoms with van der Waals surface area (Å²) in [5.41, 5.74) is 7.39. The third kappa shape index (κ3) is 1.65. The average molecular weight is 152 g/mol. The number of nitrogens with two attached hydrogens (primary N) is 1. The summed E-state index contributed by atoms with van der Waals surface area (Å²) in [5, 5.41) is 7.63. The minimum Gasteiger partial charge on any atom is -0.319 e. The van der Waals surface area contributed by atoms with E-state index >= 15 is 0 Å². The fourth-order valence-electron chi connectivity index (χ4n) is 0.760. The van der Waals surface area contributed by atoms with E-state index in [1.54, 1.807) is 10.9 Å². The van der Waals surface area contributed by atoms with Gasteiger partial charge in [-0.3, -0.25) is 4.68 Å². The van der Waals surface area contributed by atoms with E-state index in [4.69, 9.17) is 5.73 Å². The van der Waals surface area contributed by atoms with Crippen LogP contribution < -0.4 is 5.73 Å². The number of hydrogen-bond acceptors (Lipinski definition) is 3. The van der Waals surface area contributed by atoms with Crippen LogP contribution in [-0.4, -0.2) is 15.0 Å². The highest BCUT2D eigenvalue weighted by Crippen LogP contribution is 2.12. The first-order valence-electron chi connectivity index (χ1n) is 3.38. The first-order valence-corrected chi connectivity index (χ1v) is 3.38. The van der Waals surface area contributed by atoms with Crippen LogP contribution in [0.3, 0.4) is 0 Å². The van der Waals surface area contributed by atoms with E-state index in [0.717, 1.165) is 11.3 Å². The summed E-state index contributed by atoms with van der Waals surface area (Å²) in [5.74, 6) is 0. The van der Waals surface area contributed by atoms with Crippen molar-refractivity contribution >= 4 is 0 Å². The van der Waals surface area contributed by atoms with Gasteiger partial charge in [0.05, 0.1) is 12.2 Å². The summed E-state index contributed by atoms with van der Waals surface area (Å²) in [6.45, 7) is 5.61. The van der Waals surface area contributed by atoms with Gasteiger partial charge in [-0.1, -0.05) is 17.4 Å². The molecule has 0 amide bonds. The van der Waals surface area contributed by atoms with Gasteiger partial charge in [0.1, 0.15) is 5.69 Å². The van der Waals surface area contributed by atoms with Crippen LogP contribution in [0.15, 0.2) is 18.3 Å². The van der Waals surface area contributed by atoms with Crippen molar-refractivity contribution in [3.63, 3.8) is 0 Å². The summed E-state index contributed by atoms with van der Waals surface area (Å²) in [6.07, 6.45) is 1.79. The molecule has 0 bridgehead atoms. The lowest BCUT2D eigenvalue weighted by Crippen LogP contribution is -2.11. The van der Waals surface area contributed by atoms with Crippen molar-refractivity contribution in [3.8, 4) is 0 Å². The first-order chi connectivity index (χ1) is 5.11. The van der Waals surface area contributed by atoms with Crippen LogP contribution in [0.5, 0.6) is 0 Å². The number of hydrogen-bond donors (Lipinski definition) is 1. The number of aryl methyl sites for hydroxylation is 1. The second-order valence-corrected chi connectivity index (χ2v) is 2.64. The Morgan fingerprint density at radius 1 is 1.82 bits per heavy atom. The summed E-state index contributed by atoms with van der Waals surface area (Å²) in [6, 6.07) is -0.191. The van der Waals surface area contributed by atoms with Crippen LogP contribution in [0.1, 0.15) is 18.7 Å². The summed E-state index contributed by atoms with van der Waals surface area (Å²) in [4.78, 5) is 0. The van der Waals surface area contributed by atoms with Crippen molar-refractivity contribution in [1.29, 1.82) is 0 Å². The van der Waals surface area contributed by atoms with Gasteiger partial charge >= 0.3 is 0 Å². The smallest absolute Gasteiger partial charge is 0.104 e. The molecule has 1 unspecified atom stereocenters. The lowest BCUT2D eigenvalue weighted by atomic mass is 10.1. The Labute approximate surface area is 65.7 Å². The maximum atomic E-state index is 5.74. The van der Waals surface area contributed by atoms with Crippen molar-refractivity contribution in [1.82, 2.24) is 15.0 Å². The molecule has 0 aliphatic carbocycles. The van der Waals surface area contributed by atoms with Crippen molar-refractivity contribution in [2.45, 2.75) is 13.0 Å². The molecule has 0 spiro atoms. The molecular weight excluding hydrogens is 140 g/mol. The number of nitrogens with zero attached hydrogens (tertiary/aromatic N) is 3. The van der Waals surface area contributed by atoms with Gasteiger partial charge in [-0.15, -0.1) is 5.10 Å². The second kappa shape index (κ2) is 2.84. The van der Waals surface area contributed by atoms with Gasteiger partial charge in [-0.2, -0.15) is 0 Å². The Hall–Kier alpha value is -1.16. The van der Waals surface area contributed by atoms with Crippen LogP contribution >= 0.6 is 0 Å². The third-order valence-electron chi connectivity index (χ3n) is 1.47. The molecule has 1 atom stereocenters. The zero-order valence-corrected chi connectivity index (χ0v) is 6.78. The summed E-state index contributed by atoms with van der Waals surface area (Å²) in [7, 11) is 1.81. The van der Waals surface area contributed by atoms with Crippen LogP contribution in [0.2, 0.25) is 0 Å². The van der Waals surface area contributed by atoms with E-state index in [-0.39, 0.29) is 6.04 Å². The second-order valence-electron chi connectivity index (χ2n) is 2.64. The zero-order valence-electron chi connectivity index (χ0n) is 6.78. The molecule has 0 aliphatic heterocycles. The Morgan fingerprint density at radius 3 is 2.82 bits per heavy atom. The van der Waals surface area contributed by atoms with Gasteiger partial charge in [0.2, 0.25) is 0 Å². The molecule has 1 heterocycles. The van der Waals surface area contributed by atoms with Crippen molar-refractivity contribution < 1.29 is 0 Å². The number of aromatic nitrogens is 3. The lowest BCUT2D eigenvalue weighted by Gasteiger charge is -2.05. The predicted octanol–water partition coefficient (Wildman–Crippen LogP) is 0.391. The maximum absolute atomic E-state index is 5.74. The molecule has 1 aromatic heterocycles. The molecular formula is C7H12N4. The highest BCUT2D eigenvalue weighted by atomic mass is 15.4. The van der Waals surface area contributed by atoms with Gasteiger partial charge in [0, 0.05) is 7.05 Å². The van der Waals surface area contributed by atoms with Crippen LogP contribution in [0.4, 0.5) is 0 Å². The molecule has 0 saturated carbocycles. The van der Waals surface area contributed by atoms with Gasteiger partial charge < -0.3 is 5.73 Å². The monoisotopic (exact) mass is 152 g/mol. The molecule has 0 aromatic carbocycles. The van der Waals surface area contributed by atoms with Crippen LogP contribution in [-0.2, 0) is 7.05 Å². The minimum atomic E-state index is -0.191. The van der Waals surface area contributed by atoms with Gasteiger partial charge in [0.15, 0.2) is 0 Å². The first kappa shape index (κ1) is 7.94. The van der Waals surface area contributed by atoms with Gasteiger partial charge in [0.25, 0.3) is 0 Å². The Morgan fingerprint density at radius 2 is 2.45 bits per heavy atom. The quantitative estimate of drug-likeness (QED) is 0.624. The van der Waals surface area contributed by atoms with Crippen LogP contribution in [0.25, 0.3) is 0 Å². The van der Waals surface area contributed by atoms with Gasteiger partial charge in [-0.05, 0) is 6.92 Å². The number of rotatable bonds is 2. The van der Waals surface area contributed by atoms with Gasteiger partial charge in [-0.25, -0.2) is 0 Å². The third-order valence-corrected chi connectivity index (χ3v) is 1.47. The van der Waals surface area contributed by atoms with E-state index in [0.29, 0.717) is 0 Å². The topological polar surface area (TPSA) is 56.7 Å².